The van der Waals surface area contributed by atoms with Crippen LogP contribution in [0.25, 0.3) is 11.3 Å². The first-order chi connectivity index (χ1) is 9.02. The van der Waals surface area contributed by atoms with Crippen molar-refractivity contribution in [3.63, 3.8) is 0 Å². The van der Waals surface area contributed by atoms with E-state index in [0.717, 1.165) is 16.7 Å². The quantitative estimate of drug-likeness (QED) is 0.914. The number of nitrogens with zero attached hydrogens (tertiary/aromatic N) is 2. The van der Waals surface area contributed by atoms with E-state index >= 15 is 0 Å². The lowest BCUT2D eigenvalue weighted by molar-refractivity contribution is 0.618. The minimum Gasteiger partial charge on any atom is -0.354 e. The average Bonchev–Trinajstić information content (AvgIpc) is 2.37. The number of hydrogen-bond donors (Lipinski definition) is 1. The van der Waals surface area contributed by atoms with Crippen molar-refractivity contribution in [3.8, 4) is 11.3 Å². The summed E-state index contributed by atoms with van der Waals surface area (Å²) in [7, 11) is 0. The molecule has 0 radical (unpaired) electrons. The molecule has 0 saturated carbocycles. The normalized spacial score (nSPS) is 10.6. The molecule has 2 aromatic rings. The van der Waals surface area contributed by atoms with Crippen LogP contribution in [0.3, 0.4) is 0 Å². The molecule has 0 spiro atoms. The summed E-state index contributed by atoms with van der Waals surface area (Å²) in [5, 5.41) is 3.00. The van der Waals surface area contributed by atoms with Crippen LogP contribution in [0.5, 0.6) is 0 Å². The Bertz CT molecular complexity index is 609. The highest BCUT2D eigenvalue weighted by Gasteiger charge is 2.12. The largest absolute Gasteiger partial charge is 0.354 e. The van der Waals surface area contributed by atoms with Crippen LogP contribution in [0.1, 0.15) is 23.6 Å². The predicted octanol–water partition coefficient (Wildman–Crippen LogP) is 3.64. The molecule has 0 unspecified atom stereocenters. The smallest absolute Gasteiger partial charge is 0.223 e. The lowest BCUT2D eigenvalue weighted by atomic mass is 9.98. The van der Waals surface area contributed by atoms with Crippen LogP contribution < -0.4 is 5.32 Å². The summed E-state index contributed by atoms with van der Waals surface area (Å²) in [6, 6.07) is 4.03. The minimum atomic E-state index is -0.395. The van der Waals surface area contributed by atoms with Crippen LogP contribution >= 0.6 is 0 Å². The second kappa shape index (κ2) is 5.34. The molecule has 1 heterocycles. The molecule has 4 heteroatoms. The Kier molecular flexibility index (Phi) is 3.79. The highest BCUT2D eigenvalue weighted by Crippen LogP contribution is 2.27. The van der Waals surface area contributed by atoms with Crippen molar-refractivity contribution in [2.45, 2.75) is 27.7 Å². The molecule has 100 valence electrons. The molecule has 0 fully saturated rings. The Morgan fingerprint density at radius 3 is 2.47 bits per heavy atom. The van der Waals surface area contributed by atoms with E-state index < -0.39 is 5.82 Å². The number of aromatic nitrogens is 2. The first-order valence-corrected chi connectivity index (χ1v) is 6.37. The monoisotopic (exact) mass is 259 g/mol. The molecule has 0 aliphatic heterocycles. The van der Waals surface area contributed by atoms with Gasteiger partial charge in [-0.25, -0.2) is 14.4 Å². The zero-order valence-corrected chi connectivity index (χ0v) is 11.7. The fraction of sp³-hybridized carbons (Fsp3) is 0.333. The fourth-order valence-corrected chi connectivity index (χ4v) is 2.01. The third kappa shape index (κ3) is 2.72. The summed E-state index contributed by atoms with van der Waals surface area (Å²) in [5.74, 6) is 0.0598. The van der Waals surface area contributed by atoms with Gasteiger partial charge < -0.3 is 5.32 Å². The molecule has 19 heavy (non-hydrogen) atoms. The van der Waals surface area contributed by atoms with Gasteiger partial charge in [-0.15, -0.1) is 0 Å². The second-order valence-corrected chi connectivity index (χ2v) is 4.67. The second-order valence-electron chi connectivity index (χ2n) is 4.67. The van der Waals surface area contributed by atoms with Crippen molar-refractivity contribution >= 4 is 5.95 Å². The predicted molar refractivity (Wildman–Crippen MR) is 75.8 cm³/mol. The van der Waals surface area contributed by atoms with Gasteiger partial charge in [-0.1, -0.05) is 6.07 Å². The van der Waals surface area contributed by atoms with Crippen LogP contribution in [0.2, 0.25) is 0 Å². The maximum Gasteiger partial charge on any atom is 0.223 e. The molecular formula is C15H18FN3. The molecule has 1 N–H and O–H groups in total. The van der Waals surface area contributed by atoms with Crippen molar-refractivity contribution in [1.82, 2.24) is 9.97 Å². The van der Waals surface area contributed by atoms with Gasteiger partial charge in [-0.3, -0.25) is 0 Å². The third-order valence-electron chi connectivity index (χ3n) is 3.17. The van der Waals surface area contributed by atoms with E-state index in [2.05, 4.69) is 21.4 Å². The van der Waals surface area contributed by atoms with E-state index in [1.165, 1.54) is 11.8 Å². The van der Waals surface area contributed by atoms with Gasteiger partial charge in [0.05, 0.1) is 6.20 Å². The van der Waals surface area contributed by atoms with Gasteiger partial charge in [-0.05, 0) is 50.5 Å². The first-order valence-electron chi connectivity index (χ1n) is 6.37. The third-order valence-corrected chi connectivity index (χ3v) is 3.17. The number of anilines is 1. The Balaban J connectivity index is 2.57. The standard InChI is InChI=1S/C15H18FN3/c1-5-17-15-18-8-13(16)14(19-15)12-7-10(3)9(2)6-11(12)4/h6-8H,5H2,1-4H3,(H,17,18,19). The zero-order chi connectivity index (χ0) is 14.0. The number of halogens is 1. The van der Waals surface area contributed by atoms with E-state index in [0.29, 0.717) is 18.2 Å². The van der Waals surface area contributed by atoms with Crippen molar-refractivity contribution in [2.24, 2.45) is 0 Å². The zero-order valence-electron chi connectivity index (χ0n) is 11.7. The molecule has 0 bridgehead atoms. The van der Waals surface area contributed by atoms with Crippen LogP contribution in [0, 0.1) is 26.6 Å². The van der Waals surface area contributed by atoms with Crippen LogP contribution in [-0.4, -0.2) is 16.5 Å². The van der Waals surface area contributed by atoms with Gasteiger partial charge in [-0.2, -0.15) is 0 Å². The number of hydrogen-bond acceptors (Lipinski definition) is 3. The van der Waals surface area contributed by atoms with E-state index in [1.807, 2.05) is 33.8 Å². The Morgan fingerprint density at radius 1 is 1.11 bits per heavy atom. The highest BCUT2D eigenvalue weighted by atomic mass is 19.1. The van der Waals surface area contributed by atoms with Gasteiger partial charge in [0.25, 0.3) is 0 Å². The summed E-state index contributed by atoms with van der Waals surface area (Å²) >= 11 is 0. The molecule has 1 aromatic heterocycles. The molecule has 0 atom stereocenters. The number of benzene rings is 1. The summed E-state index contributed by atoms with van der Waals surface area (Å²) in [6.07, 6.45) is 1.22. The van der Waals surface area contributed by atoms with Crippen LogP contribution in [-0.2, 0) is 0 Å². The molecule has 0 aliphatic carbocycles. The van der Waals surface area contributed by atoms with Crippen molar-refractivity contribution < 1.29 is 4.39 Å². The van der Waals surface area contributed by atoms with Crippen molar-refractivity contribution in [3.05, 3.63) is 40.8 Å². The molecule has 1 aromatic carbocycles. The summed E-state index contributed by atoms with van der Waals surface area (Å²) in [4.78, 5) is 8.19. The fourth-order valence-electron chi connectivity index (χ4n) is 2.01. The molecule has 2 rings (SSSR count). The molecule has 0 amide bonds. The first kappa shape index (κ1) is 13.5. The van der Waals surface area contributed by atoms with E-state index in [1.54, 1.807) is 0 Å². The van der Waals surface area contributed by atoms with Crippen LogP contribution in [0.4, 0.5) is 10.3 Å². The maximum absolute atomic E-state index is 14.0. The van der Waals surface area contributed by atoms with Gasteiger partial charge in [0, 0.05) is 12.1 Å². The van der Waals surface area contributed by atoms with Gasteiger partial charge in [0.1, 0.15) is 5.69 Å². The van der Waals surface area contributed by atoms with E-state index in [4.69, 9.17) is 0 Å². The minimum absolute atomic E-state index is 0.353. The molecule has 0 aliphatic rings. The average molecular weight is 259 g/mol. The number of rotatable bonds is 3. The summed E-state index contributed by atoms with van der Waals surface area (Å²) < 4.78 is 14.0. The molecular weight excluding hydrogens is 241 g/mol. The van der Waals surface area contributed by atoms with Crippen molar-refractivity contribution in [1.29, 1.82) is 0 Å². The Morgan fingerprint density at radius 2 is 1.79 bits per heavy atom. The molecule has 0 saturated heterocycles. The van der Waals surface area contributed by atoms with Gasteiger partial charge in [0.2, 0.25) is 5.95 Å². The Labute approximate surface area is 112 Å². The van der Waals surface area contributed by atoms with Crippen molar-refractivity contribution in [2.75, 3.05) is 11.9 Å². The van der Waals surface area contributed by atoms with E-state index in [9.17, 15) is 4.39 Å². The lowest BCUT2D eigenvalue weighted by Gasteiger charge is -2.11. The maximum atomic E-state index is 14.0. The van der Waals surface area contributed by atoms with Gasteiger partial charge >= 0.3 is 0 Å². The topological polar surface area (TPSA) is 37.8 Å². The SMILES string of the molecule is CCNc1ncc(F)c(-c2cc(C)c(C)cc2C)n1. The van der Waals surface area contributed by atoms with Crippen LogP contribution in [0.15, 0.2) is 18.3 Å². The summed E-state index contributed by atoms with van der Waals surface area (Å²) in [5.41, 5.74) is 4.52. The number of aryl methyl sites for hydroxylation is 3. The summed E-state index contributed by atoms with van der Waals surface area (Å²) in [6.45, 7) is 8.69. The Hall–Kier alpha value is -1.97. The number of nitrogens with one attached hydrogen (secondary N) is 1. The van der Waals surface area contributed by atoms with Gasteiger partial charge in [0.15, 0.2) is 5.82 Å². The lowest BCUT2D eigenvalue weighted by Crippen LogP contribution is -2.04. The highest BCUT2D eigenvalue weighted by molar-refractivity contribution is 5.66. The molecule has 3 nitrogen and oxygen atoms in total. The van der Waals surface area contributed by atoms with E-state index in [-0.39, 0.29) is 0 Å².